The molecule has 4 atom stereocenters. The number of carbonyl (C=O) groups is 1. The summed E-state index contributed by atoms with van der Waals surface area (Å²) in [7, 11) is 1.39. The molecule has 2 aliphatic heterocycles. The number of fused-ring (bicyclic) bond motifs is 4. The minimum absolute atomic E-state index is 0.0568. The van der Waals surface area contributed by atoms with Gasteiger partial charge in [0.1, 0.15) is 0 Å². The maximum Gasteiger partial charge on any atom is 0.311 e. The van der Waals surface area contributed by atoms with Gasteiger partial charge in [-0.25, -0.2) is 0 Å². The van der Waals surface area contributed by atoms with Crippen LogP contribution in [0, 0.1) is 11.8 Å². The largest absolute Gasteiger partial charge is 0.469 e. The molecular formula is C27H28N2O4. The third-order valence-corrected chi connectivity index (χ3v) is 7.23. The number of esters is 1. The number of aliphatic hydroxyl groups is 1. The van der Waals surface area contributed by atoms with Crippen molar-refractivity contribution in [2.45, 2.75) is 25.0 Å². The van der Waals surface area contributed by atoms with Crippen LogP contribution in [0.4, 0.5) is 0 Å². The van der Waals surface area contributed by atoms with E-state index < -0.39 is 5.92 Å². The molecule has 3 aromatic rings. The second kappa shape index (κ2) is 8.96. The fourth-order valence-electron chi connectivity index (χ4n) is 5.67. The molecule has 3 heterocycles. The normalized spacial score (nSPS) is 23.8. The van der Waals surface area contributed by atoms with Crippen LogP contribution in [0.25, 0.3) is 11.1 Å². The molecule has 6 nitrogen and oxygen atoms in total. The molecule has 1 aromatic heterocycles. The summed E-state index contributed by atoms with van der Waals surface area (Å²) in [5, 5.41) is 10.3. The predicted molar refractivity (Wildman–Crippen MR) is 126 cm³/mol. The molecule has 0 radical (unpaired) electrons. The zero-order valence-electron chi connectivity index (χ0n) is 18.6. The van der Waals surface area contributed by atoms with Crippen molar-refractivity contribution in [3.05, 3.63) is 94.4 Å². The molecule has 0 saturated carbocycles. The molecule has 0 unspecified atom stereocenters. The smallest absolute Gasteiger partial charge is 0.311 e. The number of pyridine rings is 1. The summed E-state index contributed by atoms with van der Waals surface area (Å²) in [6.45, 7) is 1.05. The van der Waals surface area contributed by atoms with Crippen molar-refractivity contribution >= 4 is 5.97 Å². The predicted octanol–water partition coefficient (Wildman–Crippen LogP) is 2.89. The van der Waals surface area contributed by atoms with E-state index in [2.05, 4.69) is 17.0 Å². The second-order valence-corrected chi connectivity index (χ2v) is 8.83. The Morgan fingerprint density at radius 1 is 1.03 bits per heavy atom. The van der Waals surface area contributed by atoms with Crippen molar-refractivity contribution in [1.29, 1.82) is 0 Å². The lowest BCUT2D eigenvalue weighted by molar-refractivity contribution is -0.148. The van der Waals surface area contributed by atoms with Gasteiger partial charge in [-0.3, -0.25) is 14.5 Å². The number of rotatable bonds is 6. The summed E-state index contributed by atoms with van der Waals surface area (Å²) in [4.78, 5) is 28.7. The molecular weight excluding hydrogens is 416 g/mol. The average Bonchev–Trinajstić information content (AvgIpc) is 3.08. The Balaban J connectivity index is 1.57. The molecule has 5 rings (SSSR count). The third-order valence-electron chi connectivity index (χ3n) is 7.23. The van der Waals surface area contributed by atoms with Gasteiger partial charge in [-0.1, -0.05) is 60.7 Å². The van der Waals surface area contributed by atoms with Crippen LogP contribution in [-0.4, -0.2) is 46.8 Å². The summed E-state index contributed by atoms with van der Waals surface area (Å²) >= 11 is 0. The van der Waals surface area contributed by atoms with Gasteiger partial charge in [0, 0.05) is 42.9 Å². The van der Waals surface area contributed by atoms with E-state index in [0.29, 0.717) is 12.1 Å². The fourth-order valence-corrected chi connectivity index (χ4v) is 5.67. The molecule has 2 aliphatic rings. The van der Waals surface area contributed by atoms with Crippen molar-refractivity contribution in [1.82, 2.24) is 9.47 Å². The molecule has 1 N–H and O–H groups in total. The minimum Gasteiger partial charge on any atom is -0.469 e. The molecule has 2 bridgehead atoms. The Labute approximate surface area is 193 Å². The van der Waals surface area contributed by atoms with Gasteiger partial charge in [0.05, 0.1) is 19.1 Å². The number of carbonyl (C=O) groups excluding carboxylic acids is 1. The van der Waals surface area contributed by atoms with Gasteiger partial charge < -0.3 is 14.4 Å². The highest BCUT2D eigenvalue weighted by atomic mass is 16.5. The highest BCUT2D eigenvalue weighted by Gasteiger charge is 2.56. The summed E-state index contributed by atoms with van der Waals surface area (Å²) in [5.41, 5.74) is 3.50. The average molecular weight is 445 g/mol. The van der Waals surface area contributed by atoms with Crippen LogP contribution in [0.15, 0.2) is 77.6 Å². The number of ether oxygens (including phenoxy) is 1. The number of methoxy groups -OCH3 is 1. The second-order valence-electron chi connectivity index (χ2n) is 8.83. The Kier molecular flexibility index (Phi) is 5.87. The zero-order chi connectivity index (χ0) is 22.9. The van der Waals surface area contributed by atoms with Crippen molar-refractivity contribution in [3.63, 3.8) is 0 Å². The summed E-state index contributed by atoms with van der Waals surface area (Å²) in [5.74, 6) is -1.14. The van der Waals surface area contributed by atoms with Crippen LogP contribution in [0.3, 0.4) is 0 Å². The third kappa shape index (κ3) is 3.69. The maximum atomic E-state index is 13.5. The molecule has 1 fully saturated rings. The summed E-state index contributed by atoms with van der Waals surface area (Å²) in [6.07, 6.45) is 0.826. The van der Waals surface area contributed by atoms with E-state index in [1.807, 2.05) is 65.2 Å². The Bertz CT molecular complexity index is 1190. The Morgan fingerprint density at radius 2 is 1.73 bits per heavy atom. The monoisotopic (exact) mass is 444 g/mol. The first-order valence-electron chi connectivity index (χ1n) is 11.4. The van der Waals surface area contributed by atoms with Gasteiger partial charge in [0.25, 0.3) is 5.56 Å². The van der Waals surface area contributed by atoms with E-state index in [1.54, 1.807) is 0 Å². The lowest BCUT2D eigenvalue weighted by atomic mass is 9.87. The number of hydrogen-bond acceptors (Lipinski definition) is 5. The lowest BCUT2D eigenvalue weighted by Gasteiger charge is -2.38. The molecule has 0 aliphatic carbocycles. The molecule has 0 amide bonds. The standard InChI is InChI=1S/C27H28N2O4/c1-33-27(32)24-21(17-30)23-16-29-22(13-12-20(26(29)31)19-10-6-3-7-11-19)25(24)28(23)15-14-18-8-4-2-5-9-18/h2-13,21,23-25,30H,14-17H2,1H3/t21-,23-,24+,25+/m0/s1. The summed E-state index contributed by atoms with van der Waals surface area (Å²) < 4.78 is 6.97. The number of aromatic nitrogens is 1. The fraction of sp³-hybridized carbons (Fsp3) is 0.333. The van der Waals surface area contributed by atoms with E-state index in [4.69, 9.17) is 4.74 Å². The van der Waals surface area contributed by atoms with Crippen LogP contribution in [0.2, 0.25) is 0 Å². The maximum absolute atomic E-state index is 13.5. The van der Waals surface area contributed by atoms with E-state index >= 15 is 0 Å². The van der Waals surface area contributed by atoms with Crippen LogP contribution in [-0.2, 0) is 22.5 Å². The van der Waals surface area contributed by atoms with Crippen molar-refractivity contribution in [3.8, 4) is 11.1 Å². The number of nitrogens with zero attached hydrogens (tertiary/aromatic N) is 2. The SMILES string of the molecule is COC(=O)[C@@H]1[C@@H](CO)[C@@H]2Cn3c(ccc(-c4ccccc4)c3=O)[C@H]1N2CCc1ccccc1. The molecule has 0 spiro atoms. The Hall–Kier alpha value is -3.22. The molecule has 2 aromatic carbocycles. The van der Waals surface area contributed by atoms with Gasteiger partial charge in [-0.2, -0.15) is 0 Å². The van der Waals surface area contributed by atoms with E-state index in [-0.39, 0.29) is 36.1 Å². The molecule has 1 saturated heterocycles. The van der Waals surface area contributed by atoms with Gasteiger partial charge >= 0.3 is 5.97 Å². The van der Waals surface area contributed by atoms with E-state index in [0.717, 1.165) is 24.2 Å². The van der Waals surface area contributed by atoms with Crippen molar-refractivity contribution in [2.24, 2.45) is 11.8 Å². The Morgan fingerprint density at radius 3 is 2.39 bits per heavy atom. The summed E-state index contributed by atoms with van der Waals surface area (Å²) in [6, 6.07) is 23.3. The van der Waals surface area contributed by atoms with Crippen LogP contribution in [0.5, 0.6) is 0 Å². The van der Waals surface area contributed by atoms with Crippen molar-refractivity contribution in [2.75, 3.05) is 20.3 Å². The first kappa shape index (κ1) is 21.6. The van der Waals surface area contributed by atoms with Crippen LogP contribution in [0.1, 0.15) is 17.3 Å². The molecule has 6 heteroatoms. The number of benzene rings is 2. The first-order chi connectivity index (χ1) is 16.1. The topological polar surface area (TPSA) is 71.8 Å². The number of aliphatic hydroxyl groups excluding tert-OH is 1. The molecule has 170 valence electrons. The quantitative estimate of drug-likeness (QED) is 0.592. The van der Waals surface area contributed by atoms with Crippen LogP contribution < -0.4 is 5.56 Å². The number of hydrogen-bond donors (Lipinski definition) is 1. The lowest BCUT2D eigenvalue weighted by Crippen LogP contribution is -2.47. The van der Waals surface area contributed by atoms with Gasteiger partial charge in [-0.05, 0) is 29.7 Å². The van der Waals surface area contributed by atoms with Gasteiger partial charge in [0.15, 0.2) is 0 Å². The van der Waals surface area contributed by atoms with E-state index in [1.165, 1.54) is 12.7 Å². The van der Waals surface area contributed by atoms with E-state index in [9.17, 15) is 14.7 Å². The van der Waals surface area contributed by atoms with Gasteiger partial charge in [0.2, 0.25) is 0 Å². The highest BCUT2D eigenvalue weighted by molar-refractivity contribution is 5.75. The van der Waals surface area contributed by atoms with Crippen LogP contribution >= 0.6 is 0 Å². The minimum atomic E-state index is -0.517. The highest BCUT2D eigenvalue weighted by Crippen LogP contribution is 2.48. The van der Waals surface area contributed by atoms with Gasteiger partial charge in [-0.15, -0.1) is 0 Å². The van der Waals surface area contributed by atoms with Crippen molar-refractivity contribution < 1.29 is 14.6 Å². The zero-order valence-corrected chi connectivity index (χ0v) is 18.6. The molecule has 33 heavy (non-hydrogen) atoms. The first-order valence-corrected chi connectivity index (χ1v) is 11.4.